The first kappa shape index (κ1) is 14.1. The van der Waals surface area contributed by atoms with E-state index in [4.69, 9.17) is 0 Å². The number of amides is 1. The molecule has 0 aromatic carbocycles. The normalized spacial score (nSPS) is 19.4. The van der Waals surface area contributed by atoms with Crippen molar-refractivity contribution < 1.29 is 4.79 Å². The van der Waals surface area contributed by atoms with Crippen LogP contribution in [0.3, 0.4) is 0 Å². The van der Waals surface area contributed by atoms with Crippen molar-refractivity contribution in [2.24, 2.45) is 7.05 Å². The van der Waals surface area contributed by atoms with E-state index in [1.807, 2.05) is 27.1 Å². The molecule has 106 valence electrons. The number of aryl methyl sites for hydroxylation is 2. The van der Waals surface area contributed by atoms with Crippen molar-refractivity contribution in [3.63, 3.8) is 0 Å². The molecule has 1 N–H and O–H groups in total. The number of hydrogen-bond acceptors (Lipinski definition) is 3. The summed E-state index contributed by atoms with van der Waals surface area (Å²) in [4.78, 5) is 14.2. The molecule has 1 aliphatic rings. The summed E-state index contributed by atoms with van der Waals surface area (Å²) >= 11 is 0. The Kier molecular flexibility index (Phi) is 4.58. The molecule has 1 amide bonds. The van der Waals surface area contributed by atoms with Gasteiger partial charge in [-0.25, -0.2) is 0 Å². The van der Waals surface area contributed by atoms with Crippen molar-refractivity contribution in [2.75, 3.05) is 20.1 Å². The highest BCUT2D eigenvalue weighted by Crippen LogP contribution is 2.11. The minimum absolute atomic E-state index is 0.0575. The maximum Gasteiger partial charge on any atom is 0.271 e. The van der Waals surface area contributed by atoms with Crippen LogP contribution in [0.25, 0.3) is 0 Å². The average Bonchev–Trinajstić information content (AvgIpc) is 2.80. The Morgan fingerprint density at radius 1 is 1.58 bits per heavy atom. The lowest BCUT2D eigenvalue weighted by Gasteiger charge is -2.28. The summed E-state index contributed by atoms with van der Waals surface area (Å²) in [7, 11) is 3.70. The Morgan fingerprint density at radius 3 is 2.95 bits per heavy atom. The van der Waals surface area contributed by atoms with Crippen molar-refractivity contribution in [2.45, 2.75) is 38.6 Å². The van der Waals surface area contributed by atoms with Crippen molar-refractivity contribution in [1.82, 2.24) is 20.0 Å². The zero-order chi connectivity index (χ0) is 13.8. The third-order valence-corrected chi connectivity index (χ3v) is 3.77. The molecule has 5 nitrogen and oxygen atoms in total. The first-order valence-electron chi connectivity index (χ1n) is 7.13. The lowest BCUT2D eigenvalue weighted by molar-refractivity contribution is 0.0764. The third-order valence-electron chi connectivity index (χ3n) is 3.77. The summed E-state index contributed by atoms with van der Waals surface area (Å²) < 4.78 is 1.69. The molecule has 1 fully saturated rings. The fraction of sp³-hybridized carbons (Fsp3) is 0.714. The molecule has 0 radical (unpaired) electrons. The molecule has 0 spiro atoms. The van der Waals surface area contributed by atoms with Crippen LogP contribution in [0, 0.1) is 0 Å². The van der Waals surface area contributed by atoms with Crippen LogP contribution in [0.2, 0.25) is 0 Å². The molecule has 1 saturated heterocycles. The van der Waals surface area contributed by atoms with E-state index in [1.54, 1.807) is 9.58 Å². The Bertz CT molecular complexity index is 435. The van der Waals surface area contributed by atoms with Crippen LogP contribution in [-0.4, -0.2) is 46.8 Å². The lowest BCUT2D eigenvalue weighted by Crippen LogP contribution is -2.44. The predicted octanol–water partition coefficient (Wildman–Crippen LogP) is 1.20. The van der Waals surface area contributed by atoms with Gasteiger partial charge >= 0.3 is 0 Å². The van der Waals surface area contributed by atoms with Gasteiger partial charge < -0.3 is 10.2 Å². The van der Waals surface area contributed by atoms with Gasteiger partial charge in [0.05, 0.1) is 5.69 Å². The van der Waals surface area contributed by atoms with E-state index < -0.39 is 0 Å². The van der Waals surface area contributed by atoms with Gasteiger partial charge in [-0.2, -0.15) is 5.10 Å². The molecule has 1 atom stereocenters. The molecule has 2 rings (SSSR count). The van der Waals surface area contributed by atoms with Crippen LogP contribution in [0.15, 0.2) is 6.07 Å². The number of likely N-dealkylation sites (N-methyl/N-ethyl adjacent to an activating group) is 1. The summed E-state index contributed by atoms with van der Waals surface area (Å²) in [5, 5.41) is 7.80. The van der Waals surface area contributed by atoms with Gasteiger partial charge in [0.15, 0.2) is 0 Å². The Hall–Kier alpha value is -1.36. The monoisotopic (exact) mass is 264 g/mol. The van der Waals surface area contributed by atoms with Crippen molar-refractivity contribution in [3.05, 3.63) is 17.5 Å². The standard InChI is InChI=1S/C14H24N4O/c1-4-11-9-13(18(3)16-11)14(19)17(2)10-12-7-5-6-8-15-12/h9,12,15H,4-8,10H2,1-3H3. The van der Waals surface area contributed by atoms with Crippen LogP contribution in [0.1, 0.15) is 42.4 Å². The van der Waals surface area contributed by atoms with Gasteiger partial charge in [-0.3, -0.25) is 9.48 Å². The van der Waals surface area contributed by atoms with E-state index in [1.165, 1.54) is 12.8 Å². The molecular weight excluding hydrogens is 240 g/mol. The Labute approximate surface area is 115 Å². The van der Waals surface area contributed by atoms with E-state index in [9.17, 15) is 4.79 Å². The van der Waals surface area contributed by atoms with Crippen LogP contribution in [0.5, 0.6) is 0 Å². The minimum Gasteiger partial charge on any atom is -0.339 e. The molecule has 1 aromatic heterocycles. The SMILES string of the molecule is CCc1cc(C(=O)N(C)CC2CCCCN2)n(C)n1. The van der Waals surface area contributed by atoms with Crippen LogP contribution >= 0.6 is 0 Å². The summed E-state index contributed by atoms with van der Waals surface area (Å²) in [5.74, 6) is 0.0575. The molecule has 1 aromatic rings. The van der Waals surface area contributed by atoms with Crippen molar-refractivity contribution in [1.29, 1.82) is 0 Å². The fourth-order valence-electron chi connectivity index (χ4n) is 2.59. The number of rotatable bonds is 4. The van der Waals surface area contributed by atoms with E-state index >= 15 is 0 Å². The number of nitrogens with zero attached hydrogens (tertiary/aromatic N) is 3. The topological polar surface area (TPSA) is 50.2 Å². The zero-order valence-corrected chi connectivity index (χ0v) is 12.1. The highest BCUT2D eigenvalue weighted by Gasteiger charge is 2.21. The van der Waals surface area contributed by atoms with Crippen LogP contribution in [0.4, 0.5) is 0 Å². The highest BCUT2D eigenvalue weighted by molar-refractivity contribution is 5.92. The third kappa shape index (κ3) is 3.35. The Balaban J connectivity index is 1.99. The average molecular weight is 264 g/mol. The van der Waals surface area contributed by atoms with Gasteiger partial charge in [0, 0.05) is 26.7 Å². The van der Waals surface area contributed by atoms with E-state index in [0.717, 1.165) is 31.6 Å². The summed E-state index contributed by atoms with van der Waals surface area (Å²) in [6.07, 6.45) is 4.51. The second-order valence-corrected chi connectivity index (χ2v) is 5.33. The van der Waals surface area contributed by atoms with Gasteiger partial charge in [0.2, 0.25) is 0 Å². The molecule has 5 heteroatoms. The largest absolute Gasteiger partial charge is 0.339 e. The van der Waals surface area contributed by atoms with Gasteiger partial charge in [0.1, 0.15) is 5.69 Å². The first-order chi connectivity index (χ1) is 9.11. The second kappa shape index (κ2) is 6.19. The molecule has 0 bridgehead atoms. The van der Waals surface area contributed by atoms with E-state index in [2.05, 4.69) is 10.4 Å². The van der Waals surface area contributed by atoms with Gasteiger partial charge in [-0.15, -0.1) is 0 Å². The number of aromatic nitrogens is 2. The molecular formula is C14H24N4O. The highest BCUT2D eigenvalue weighted by atomic mass is 16.2. The maximum absolute atomic E-state index is 12.4. The van der Waals surface area contributed by atoms with Gasteiger partial charge in [0.25, 0.3) is 5.91 Å². The van der Waals surface area contributed by atoms with Crippen LogP contribution in [-0.2, 0) is 13.5 Å². The zero-order valence-electron chi connectivity index (χ0n) is 12.1. The van der Waals surface area contributed by atoms with Crippen molar-refractivity contribution >= 4 is 5.91 Å². The maximum atomic E-state index is 12.4. The quantitative estimate of drug-likeness (QED) is 0.889. The number of carbonyl (C=O) groups excluding carboxylic acids is 1. The predicted molar refractivity (Wildman–Crippen MR) is 75.2 cm³/mol. The number of nitrogens with one attached hydrogen (secondary N) is 1. The lowest BCUT2D eigenvalue weighted by atomic mass is 10.0. The summed E-state index contributed by atoms with van der Waals surface area (Å²) in [6, 6.07) is 2.33. The molecule has 0 aliphatic carbocycles. The van der Waals surface area contributed by atoms with Crippen molar-refractivity contribution in [3.8, 4) is 0 Å². The molecule has 2 heterocycles. The summed E-state index contributed by atoms with van der Waals surface area (Å²) in [6.45, 7) is 3.89. The minimum atomic E-state index is 0.0575. The van der Waals surface area contributed by atoms with Gasteiger partial charge in [-0.1, -0.05) is 13.3 Å². The molecule has 19 heavy (non-hydrogen) atoms. The fourth-order valence-corrected chi connectivity index (χ4v) is 2.59. The summed E-state index contributed by atoms with van der Waals surface area (Å²) in [5.41, 5.74) is 1.64. The van der Waals surface area contributed by atoms with E-state index in [0.29, 0.717) is 11.7 Å². The van der Waals surface area contributed by atoms with Crippen LogP contribution < -0.4 is 5.32 Å². The number of carbonyl (C=O) groups is 1. The Morgan fingerprint density at radius 2 is 2.37 bits per heavy atom. The smallest absolute Gasteiger partial charge is 0.271 e. The number of piperidine rings is 1. The number of hydrogen-bond donors (Lipinski definition) is 1. The molecule has 0 saturated carbocycles. The molecule has 1 aliphatic heterocycles. The van der Waals surface area contributed by atoms with Gasteiger partial charge in [-0.05, 0) is 31.9 Å². The molecule has 1 unspecified atom stereocenters. The second-order valence-electron chi connectivity index (χ2n) is 5.33. The first-order valence-corrected chi connectivity index (χ1v) is 7.13. The van der Waals surface area contributed by atoms with E-state index in [-0.39, 0.29) is 5.91 Å².